The zero-order valence-electron chi connectivity index (χ0n) is 14.0. The number of nitrogens with one attached hydrogen (secondary N) is 1. The second kappa shape index (κ2) is 9.24. The molecule has 1 aliphatic carbocycles. The van der Waals surface area contributed by atoms with Crippen molar-refractivity contribution >= 4 is 0 Å². The van der Waals surface area contributed by atoms with Crippen LogP contribution >= 0.6 is 0 Å². The Hall–Kier alpha value is -0.830. The Labute approximate surface area is 130 Å². The van der Waals surface area contributed by atoms with Crippen LogP contribution in [-0.4, -0.2) is 15.8 Å². The lowest BCUT2D eigenvalue weighted by Gasteiger charge is -2.06. The maximum atomic E-state index is 4.55. The standard InChI is InChI=1S/C18H33N3/c1-3-4-5-6-7-8-9-10-13-21-16(2)17(15-20-21)14-19-18-11-12-18/h15,18-19H,3-14H2,1-2H3. The van der Waals surface area contributed by atoms with E-state index in [1.807, 2.05) is 0 Å². The first kappa shape index (κ1) is 16.5. The Morgan fingerprint density at radius 2 is 1.76 bits per heavy atom. The fourth-order valence-corrected chi connectivity index (χ4v) is 2.82. The van der Waals surface area contributed by atoms with E-state index in [0.717, 1.165) is 19.1 Å². The van der Waals surface area contributed by atoms with Gasteiger partial charge in [0.25, 0.3) is 0 Å². The first-order chi connectivity index (χ1) is 10.3. The molecule has 0 atom stereocenters. The van der Waals surface area contributed by atoms with E-state index in [1.165, 1.54) is 75.5 Å². The van der Waals surface area contributed by atoms with E-state index in [0.29, 0.717) is 0 Å². The molecule has 0 amide bonds. The Morgan fingerprint density at radius 1 is 1.10 bits per heavy atom. The molecule has 3 heteroatoms. The Morgan fingerprint density at radius 3 is 2.43 bits per heavy atom. The smallest absolute Gasteiger partial charge is 0.0537 e. The zero-order valence-corrected chi connectivity index (χ0v) is 14.0. The van der Waals surface area contributed by atoms with Crippen molar-refractivity contribution in [1.29, 1.82) is 0 Å². The molecule has 1 aromatic rings. The maximum Gasteiger partial charge on any atom is 0.0537 e. The van der Waals surface area contributed by atoms with Gasteiger partial charge in [-0.05, 0) is 26.2 Å². The molecule has 0 aromatic carbocycles. The number of nitrogens with zero attached hydrogens (tertiary/aromatic N) is 2. The third-order valence-electron chi connectivity index (χ3n) is 4.59. The van der Waals surface area contributed by atoms with Gasteiger partial charge in [0.05, 0.1) is 6.20 Å². The molecule has 1 aromatic heterocycles. The molecular weight excluding hydrogens is 258 g/mol. The predicted octanol–water partition coefficient (Wildman–Crippen LogP) is 4.58. The Balaban J connectivity index is 1.55. The summed E-state index contributed by atoms with van der Waals surface area (Å²) in [6.45, 7) is 6.57. The van der Waals surface area contributed by atoms with Gasteiger partial charge in [0, 0.05) is 30.4 Å². The molecular formula is C18H33N3. The number of hydrogen-bond donors (Lipinski definition) is 1. The fourth-order valence-electron chi connectivity index (χ4n) is 2.82. The van der Waals surface area contributed by atoms with Crippen molar-refractivity contribution in [3.05, 3.63) is 17.5 Å². The molecule has 0 spiro atoms. The number of rotatable bonds is 12. The number of aryl methyl sites for hydroxylation is 1. The van der Waals surface area contributed by atoms with Gasteiger partial charge in [0.2, 0.25) is 0 Å². The average molecular weight is 291 g/mol. The van der Waals surface area contributed by atoms with Crippen LogP contribution in [0.2, 0.25) is 0 Å². The van der Waals surface area contributed by atoms with Crippen LogP contribution in [0, 0.1) is 6.92 Å². The van der Waals surface area contributed by atoms with Crippen molar-refractivity contribution < 1.29 is 0 Å². The van der Waals surface area contributed by atoms with Crippen LogP contribution in [0.4, 0.5) is 0 Å². The van der Waals surface area contributed by atoms with Gasteiger partial charge < -0.3 is 5.32 Å². The van der Waals surface area contributed by atoms with Crippen LogP contribution in [0.15, 0.2) is 6.20 Å². The summed E-state index contributed by atoms with van der Waals surface area (Å²) in [6.07, 6.45) is 15.8. The minimum atomic E-state index is 0.778. The summed E-state index contributed by atoms with van der Waals surface area (Å²) in [5, 5.41) is 8.12. The lowest BCUT2D eigenvalue weighted by Crippen LogP contribution is -2.15. The van der Waals surface area contributed by atoms with Crippen LogP contribution in [0.1, 0.15) is 82.4 Å². The van der Waals surface area contributed by atoms with Gasteiger partial charge in [-0.3, -0.25) is 4.68 Å². The molecule has 1 fully saturated rings. The first-order valence-corrected chi connectivity index (χ1v) is 9.06. The van der Waals surface area contributed by atoms with E-state index in [2.05, 4.69) is 35.1 Å². The average Bonchev–Trinajstić information content (AvgIpc) is 3.25. The highest BCUT2D eigenvalue weighted by atomic mass is 15.3. The lowest BCUT2D eigenvalue weighted by molar-refractivity contribution is 0.512. The second-order valence-corrected chi connectivity index (χ2v) is 6.61. The minimum Gasteiger partial charge on any atom is -0.310 e. The number of hydrogen-bond acceptors (Lipinski definition) is 2. The molecule has 120 valence electrons. The molecule has 0 radical (unpaired) electrons. The van der Waals surface area contributed by atoms with Gasteiger partial charge in [-0.25, -0.2) is 0 Å². The summed E-state index contributed by atoms with van der Waals surface area (Å²) in [5.41, 5.74) is 2.73. The molecule has 1 aliphatic rings. The van der Waals surface area contributed by atoms with Crippen LogP contribution in [0.5, 0.6) is 0 Å². The molecule has 3 nitrogen and oxygen atoms in total. The maximum absolute atomic E-state index is 4.55. The van der Waals surface area contributed by atoms with E-state index in [-0.39, 0.29) is 0 Å². The van der Waals surface area contributed by atoms with Crippen molar-refractivity contribution in [3.8, 4) is 0 Å². The van der Waals surface area contributed by atoms with E-state index in [9.17, 15) is 0 Å². The number of aromatic nitrogens is 2. The van der Waals surface area contributed by atoms with Crippen LogP contribution in [-0.2, 0) is 13.1 Å². The van der Waals surface area contributed by atoms with Gasteiger partial charge >= 0.3 is 0 Å². The second-order valence-electron chi connectivity index (χ2n) is 6.61. The van der Waals surface area contributed by atoms with Gasteiger partial charge in [-0.1, -0.05) is 51.9 Å². The third kappa shape index (κ3) is 6.21. The minimum absolute atomic E-state index is 0.778. The fraction of sp³-hybridized carbons (Fsp3) is 0.833. The molecule has 2 rings (SSSR count). The third-order valence-corrected chi connectivity index (χ3v) is 4.59. The summed E-state index contributed by atoms with van der Waals surface area (Å²) in [6, 6.07) is 0.778. The van der Waals surface area contributed by atoms with Crippen molar-refractivity contribution in [1.82, 2.24) is 15.1 Å². The van der Waals surface area contributed by atoms with Gasteiger partial charge in [-0.2, -0.15) is 5.10 Å². The van der Waals surface area contributed by atoms with E-state index >= 15 is 0 Å². The van der Waals surface area contributed by atoms with Gasteiger partial charge in [-0.15, -0.1) is 0 Å². The van der Waals surface area contributed by atoms with Crippen molar-refractivity contribution in [2.45, 2.75) is 97.2 Å². The van der Waals surface area contributed by atoms with Crippen molar-refractivity contribution in [3.63, 3.8) is 0 Å². The SMILES string of the molecule is CCCCCCCCCCn1ncc(CNC2CC2)c1C. The molecule has 0 saturated heterocycles. The van der Waals surface area contributed by atoms with E-state index in [1.54, 1.807) is 0 Å². The first-order valence-electron chi connectivity index (χ1n) is 9.06. The highest BCUT2D eigenvalue weighted by Gasteiger charge is 2.20. The van der Waals surface area contributed by atoms with Crippen molar-refractivity contribution in [2.24, 2.45) is 0 Å². The van der Waals surface area contributed by atoms with Crippen LogP contribution in [0.3, 0.4) is 0 Å². The molecule has 0 unspecified atom stereocenters. The van der Waals surface area contributed by atoms with E-state index in [4.69, 9.17) is 0 Å². The Kier molecular flexibility index (Phi) is 7.28. The molecule has 1 saturated carbocycles. The molecule has 1 N–H and O–H groups in total. The molecule has 21 heavy (non-hydrogen) atoms. The molecule has 0 bridgehead atoms. The summed E-state index contributed by atoms with van der Waals surface area (Å²) >= 11 is 0. The highest BCUT2D eigenvalue weighted by molar-refractivity contribution is 5.16. The highest BCUT2D eigenvalue weighted by Crippen LogP contribution is 2.20. The normalized spacial score (nSPS) is 14.8. The van der Waals surface area contributed by atoms with Crippen molar-refractivity contribution in [2.75, 3.05) is 0 Å². The van der Waals surface area contributed by atoms with E-state index < -0.39 is 0 Å². The lowest BCUT2D eigenvalue weighted by atomic mass is 10.1. The largest absolute Gasteiger partial charge is 0.310 e. The number of unbranched alkanes of at least 4 members (excludes halogenated alkanes) is 7. The topological polar surface area (TPSA) is 29.9 Å². The quantitative estimate of drug-likeness (QED) is 0.571. The predicted molar refractivity (Wildman–Crippen MR) is 89.4 cm³/mol. The summed E-state index contributed by atoms with van der Waals surface area (Å²) in [7, 11) is 0. The van der Waals surface area contributed by atoms with Crippen LogP contribution in [0.25, 0.3) is 0 Å². The van der Waals surface area contributed by atoms with Gasteiger partial charge in [0.1, 0.15) is 0 Å². The van der Waals surface area contributed by atoms with Crippen LogP contribution < -0.4 is 5.32 Å². The monoisotopic (exact) mass is 291 g/mol. The summed E-state index contributed by atoms with van der Waals surface area (Å²) < 4.78 is 2.20. The molecule has 1 heterocycles. The summed E-state index contributed by atoms with van der Waals surface area (Å²) in [4.78, 5) is 0. The summed E-state index contributed by atoms with van der Waals surface area (Å²) in [5.74, 6) is 0. The Bertz CT molecular complexity index is 393. The molecule has 0 aliphatic heterocycles. The van der Waals surface area contributed by atoms with Gasteiger partial charge in [0.15, 0.2) is 0 Å². The zero-order chi connectivity index (χ0) is 14.9.